The molecule has 1 amide bonds. The van der Waals surface area contributed by atoms with E-state index < -0.39 is 0 Å². The molecule has 0 aliphatic heterocycles. The monoisotopic (exact) mass is 246 g/mol. The van der Waals surface area contributed by atoms with Gasteiger partial charge in [0.2, 0.25) is 0 Å². The molecule has 1 aromatic carbocycles. The molecule has 0 saturated carbocycles. The molecule has 2 N–H and O–H groups in total. The number of hydrogen-bond acceptors (Lipinski definition) is 2. The Labute approximate surface area is 109 Å². The van der Waals surface area contributed by atoms with Crippen molar-refractivity contribution in [2.45, 2.75) is 27.2 Å². The lowest BCUT2D eigenvalue weighted by Gasteiger charge is -2.22. The van der Waals surface area contributed by atoms with Crippen molar-refractivity contribution in [3.63, 3.8) is 0 Å². The van der Waals surface area contributed by atoms with Crippen molar-refractivity contribution in [3.8, 4) is 0 Å². The number of hydrogen-bond donors (Lipinski definition) is 1. The molecule has 0 heterocycles. The fourth-order valence-corrected chi connectivity index (χ4v) is 1.97. The molecule has 0 spiro atoms. The first-order chi connectivity index (χ1) is 8.51. The Morgan fingerprint density at radius 3 is 2.61 bits per heavy atom. The number of benzene rings is 1. The highest BCUT2D eigenvalue weighted by molar-refractivity contribution is 5.96. The summed E-state index contributed by atoms with van der Waals surface area (Å²) in [4.78, 5) is 14.2. The van der Waals surface area contributed by atoms with Crippen molar-refractivity contribution in [2.75, 3.05) is 18.8 Å². The van der Waals surface area contributed by atoms with E-state index in [0.717, 1.165) is 24.1 Å². The minimum absolute atomic E-state index is 0.0287. The van der Waals surface area contributed by atoms with E-state index in [1.165, 1.54) is 0 Å². The van der Waals surface area contributed by atoms with Gasteiger partial charge in [0.05, 0.1) is 0 Å². The van der Waals surface area contributed by atoms with Crippen LogP contribution < -0.4 is 5.73 Å². The highest BCUT2D eigenvalue weighted by Gasteiger charge is 2.16. The van der Waals surface area contributed by atoms with E-state index in [4.69, 9.17) is 5.73 Å². The fourth-order valence-electron chi connectivity index (χ4n) is 1.97. The van der Waals surface area contributed by atoms with Crippen molar-refractivity contribution >= 4 is 11.6 Å². The van der Waals surface area contributed by atoms with Gasteiger partial charge in [0.15, 0.2) is 0 Å². The van der Waals surface area contributed by atoms with E-state index in [2.05, 4.69) is 13.5 Å². The molecular weight excluding hydrogens is 224 g/mol. The molecule has 0 unspecified atom stereocenters. The molecule has 3 nitrogen and oxygen atoms in total. The van der Waals surface area contributed by atoms with Gasteiger partial charge in [-0.2, -0.15) is 0 Å². The summed E-state index contributed by atoms with van der Waals surface area (Å²) in [5.41, 5.74) is 9.22. The molecule has 0 aliphatic carbocycles. The van der Waals surface area contributed by atoms with Gasteiger partial charge in [-0.15, -0.1) is 6.58 Å². The largest absolute Gasteiger partial charge is 0.398 e. The van der Waals surface area contributed by atoms with Crippen LogP contribution in [0.4, 0.5) is 5.69 Å². The molecule has 0 bridgehead atoms. The van der Waals surface area contributed by atoms with E-state index in [0.29, 0.717) is 17.8 Å². The Hall–Kier alpha value is -1.77. The molecule has 0 fully saturated rings. The molecule has 0 aromatic heterocycles. The SMILES string of the molecule is C=CCN(CCC)C(=O)c1cc(N)c(C)cc1C. The molecule has 0 aliphatic rings. The van der Waals surface area contributed by atoms with Crippen LogP contribution in [-0.2, 0) is 0 Å². The van der Waals surface area contributed by atoms with Gasteiger partial charge in [0, 0.05) is 24.3 Å². The summed E-state index contributed by atoms with van der Waals surface area (Å²) in [5.74, 6) is 0.0287. The first-order valence-corrected chi connectivity index (χ1v) is 6.28. The van der Waals surface area contributed by atoms with Gasteiger partial charge in [0.25, 0.3) is 5.91 Å². The van der Waals surface area contributed by atoms with Crippen molar-refractivity contribution in [3.05, 3.63) is 41.5 Å². The Bertz CT molecular complexity index is 452. The summed E-state index contributed by atoms with van der Waals surface area (Å²) < 4.78 is 0. The number of rotatable bonds is 5. The van der Waals surface area contributed by atoms with Crippen LogP contribution in [0.2, 0.25) is 0 Å². The van der Waals surface area contributed by atoms with E-state index in [1.807, 2.05) is 19.9 Å². The smallest absolute Gasteiger partial charge is 0.254 e. The Morgan fingerprint density at radius 1 is 1.39 bits per heavy atom. The van der Waals surface area contributed by atoms with Crippen LogP contribution in [0.5, 0.6) is 0 Å². The van der Waals surface area contributed by atoms with Crippen molar-refractivity contribution < 1.29 is 4.79 Å². The van der Waals surface area contributed by atoms with E-state index >= 15 is 0 Å². The summed E-state index contributed by atoms with van der Waals surface area (Å²) in [6.07, 6.45) is 2.68. The molecule has 18 heavy (non-hydrogen) atoms. The predicted molar refractivity (Wildman–Crippen MR) is 76.7 cm³/mol. The number of nitrogens with two attached hydrogens (primary N) is 1. The van der Waals surface area contributed by atoms with Gasteiger partial charge in [0.1, 0.15) is 0 Å². The van der Waals surface area contributed by atoms with Crippen LogP contribution in [0.1, 0.15) is 34.8 Å². The average Bonchev–Trinajstić information content (AvgIpc) is 2.33. The normalized spacial score (nSPS) is 10.2. The number of carbonyl (C=O) groups is 1. The zero-order valence-corrected chi connectivity index (χ0v) is 11.5. The predicted octanol–water partition coefficient (Wildman–Crippen LogP) is 2.92. The number of carbonyl (C=O) groups excluding carboxylic acids is 1. The number of aryl methyl sites for hydroxylation is 2. The third-order valence-corrected chi connectivity index (χ3v) is 2.97. The standard InChI is InChI=1S/C15H22N2O/c1-5-7-17(8-6-2)15(18)13-10-14(16)12(4)9-11(13)3/h5,9-10H,1,6-8,16H2,2-4H3. The lowest BCUT2D eigenvalue weighted by molar-refractivity contribution is 0.0773. The van der Waals surface area contributed by atoms with Gasteiger partial charge in [-0.1, -0.05) is 19.1 Å². The summed E-state index contributed by atoms with van der Waals surface area (Å²) in [5, 5.41) is 0. The van der Waals surface area contributed by atoms with E-state index in [-0.39, 0.29) is 5.91 Å². The minimum atomic E-state index is 0.0287. The summed E-state index contributed by atoms with van der Waals surface area (Å²) in [6.45, 7) is 10.9. The van der Waals surface area contributed by atoms with Gasteiger partial charge >= 0.3 is 0 Å². The number of nitrogens with zero attached hydrogens (tertiary/aromatic N) is 1. The Morgan fingerprint density at radius 2 is 2.06 bits per heavy atom. The zero-order chi connectivity index (χ0) is 13.7. The molecular formula is C15H22N2O. The van der Waals surface area contributed by atoms with E-state index in [9.17, 15) is 4.79 Å². The molecule has 98 valence electrons. The molecule has 3 heteroatoms. The Balaban J connectivity index is 3.07. The third-order valence-electron chi connectivity index (χ3n) is 2.97. The summed E-state index contributed by atoms with van der Waals surface area (Å²) >= 11 is 0. The maximum atomic E-state index is 12.4. The quantitative estimate of drug-likeness (QED) is 0.641. The number of anilines is 1. The van der Waals surface area contributed by atoms with Crippen LogP contribution >= 0.6 is 0 Å². The Kier molecular flexibility index (Phi) is 4.95. The lowest BCUT2D eigenvalue weighted by Crippen LogP contribution is -2.32. The first-order valence-electron chi connectivity index (χ1n) is 6.28. The van der Waals surface area contributed by atoms with Crippen LogP contribution in [0, 0.1) is 13.8 Å². The van der Waals surface area contributed by atoms with Crippen LogP contribution in [0.3, 0.4) is 0 Å². The first kappa shape index (κ1) is 14.3. The second-order valence-electron chi connectivity index (χ2n) is 4.56. The van der Waals surface area contributed by atoms with Gasteiger partial charge in [-0.05, 0) is 37.5 Å². The maximum absolute atomic E-state index is 12.4. The van der Waals surface area contributed by atoms with Crippen LogP contribution in [0.25, 0.3) is 0 Å². The minimum Gasteiger partial charge on any atom is -0.398 e. The molecule has 0 saturated heterocycles. The maximum Gasteiger partial charge on any atom is 0.254 e. The highest BCUT2D eigenvalue weighted by Crippen LogP contribution is 2.19. The summed E-state index contributed by atoms with van der Waals surface area (Å²) in [7, 11) is 0. The lowest BCUT2D eigenvalue weighted by atomic mass is 10.0. The second kappa shape index (κ2) is 6.24. The van der Waals surface area contributed by atoms with Crippen molar-refractivity contribution in [1.82, 2.24) is 4.90 Å². The van der Waals surface area contributed by atoms with E-state index in [1.54, 1.807) is 17.0 Å². The summed E-state index contributed by atoms with van der Waals surface area (Å²) in [6, 6.07) is 3.74. The van der Waals surface area contributed by atoms with Gasteiger partial charge in [-0.25, -0.2) is 0 Å². The topological polar surface area (TPSA) is 46.3 Å². The molecule has 1 rings (SSSR count). The number of amides is 1. The third kappa shape index (κ3) is 3.13. The van der Waals surface area contributed by atoms with Crippen molar-refractivity contribution in [1.29, 1.82) is 0 Å². The fraction of sp³-hybridized carbons (Fsp3) is 0.400. The second-order valence-corrected chi connectivity index (χ2v) is 4.56. The van der Waals surface area contributed by atoms with Gasteiger partial charge in [-0.3, -0.25) is 4.79 Å². The van der Waals surface area contributed by atoms with Crippen LogP contribution in [0.15, 0.2) is 24.8 Å². The molecule has 1 aromatic rings. The average molecular weight is 246 g/mol. The van der Waals surface area contributed by atoms with Crippen molar-refractivity contribution in [2.24, 2.45) is 0 Å². The number of nitrogen functional groups attached to an aromatic ring is 1. The zero-order valence-electron chi connectivity index (χ0n) is 11.5. The van der Waals surface area contributed by atoms with Gasteiger partial charge < -0.3 is 10.6 Å². The molecule has 0 atom stereocenters. The van der Waals surface area contributed by atoms with Crippen LogP contribution in [-0.4, -0.2) is 23.9 Å². The highest BCUT2D eigenvalue weighted by atomic mass is 16.2. The molecule has 0 radical (unpaired) electrons.